The minimum absolute atomic E-state index is 0.434. The summed E-state index contributed by atoms with van der Waals surface area (Å²) in [6.07, 6.45) is 8.35. The molecule has 4 heteroatoms. The first-order chi connectivity index (χ1) is 8.23. The summed E-state index contributed by atoms with van der Waals surface area (Å²) >= 11 is 0. The topological polar surface area (TPSA) is 47.3 Å². The minimum atomic E-state index is -0.622. The standard InChI is InChI=1S/C13H22N2O2/c1-3-15-10-9-14-12(15)11(16)13(17-2)7-5-4-6-8-13/h9-11,16H,3-8H2,1-2H3. The summed E-state index contributed by atoms with van der Waals surface area (Å²) < 4.78 is 7.65. The third-order valence-corrected chi connectivity index (χ3v) is 3.94. The Morgan fingerprint density at radius 1 is 1.47 bits per heavy atom. The number of imidazole rings is 1. The molecule has 1 unspecified atom stereocenters. The van der Waals surface area contributed by atoms with E-state index < -0.39 is 11.7 Å². The minimum Gasteiger partial charge on any atom is -0.382 e. The van der Waals surface area contributed by atoms with E-state index in [-0.39, 0.29) is 0 Å². The zero-order valence-corrected chi connectivity index (χ0v) is 10.7. The molecular formula is C13H22N2O2. The number of hydrogen-bond acceptors (Lipinski definition) is 3. The van der Waals surface area contributed by atoms with Crippen molar-refractivity contribution >= 4 is 0 Å². The van der Waals surface area contributed by atoms with Gasteiger partial charge in [0.25, 0.3) is 0 Å². The second kappa shape index (κ2) is 5.19. The number of methoxy groups -OCH3 is 1. The second-order valence-corrected chi connectivity index (χ2v) is 4.80. The summed E-state index contributed by atoms with van der Waals surface area (Å²) in [5.74, 6) is 0.733. The zero-order chi connectivity index (χ0) is 12.3. The number of hydrogen-bond donors (Lipinski definition) is 1. The van der Waals surface area contributed by atoms with Crippen LogP contribution in [0, 0.1) is 0 Å². The Balaban J connectivity index is 2.24. The highest BCUT2D eigenvalue weighted by atomic mass is 16.5. The van der Waals surface area contributed by atoms with Crippen molar-refractivity contribution in [1.29, 1.82) is 0 Å². The maximum atomic E-state index is 10.6. The molecule has 0 amide bonds. The molecule has 1 fully saturated rings. The van der Waals surface area contributed by atoms with Crippen LogP contribution in [-0.4, -0.2) is 27.4 Å². The van der Waals surface area contributed by atoms with Crippen molar-refractivity contribution < 1.29 is 9.84 Å². The second-order valence-electron chi connectivity index (χ2n) is 4.80. The van der Waals surface area contributed by atoms with Gasteiger partial charge in [-0.05, 0) is 19.8 Å². The molecule has 1 heterocycles. The summed E-state index contributed by atoms with van der Waals surface area (Å²) in [4.78, 5) is 4.29. The van der Waals surface area contributed by atoms with Crippen LogP contribution < -0.4 is 0 Å². The first-order valence-electron chi connectivity index (χ1n) is 6.48. The Morgan fingerprint density at radius 3 is 2.76 bits per heavy atom. The SMILES string of the molecule is CCn1ccnc1C(O)C1(OC)CCCCC1. The third-order valence-electron chi connectivity index (χ3n) is 3.94. The predicted molar refractivity (Wildman–Crippen MR) is 65.7 cm³/mol. The summed E-state index contributed by atoms with van der Waals surface area (Å²) in [5, 5.41) is 10.6. The normalized spacial score (nSPS) is 21.4. The fourth-order valence-corrected chi connectivity index (χ4v) is 2.81. The average molecular weight is 238 g/mol. The largest absolute Gasteiger partial charge is 0.382 e. The number of aryl methyl sites for hydroxylation is 1. The smallest absolute Gasteiger partial charge is 0.141 e. The molecule has 0 spiro atoms. The molecule has 0 aromatic carbocycles. The van der Waals surface area contributed by atoms with Gasteiger partial charge in [-0.25, -0.2) is 4.98 Å². The van der Waals surface area contributed by atoms with Gasteiger partial charge < -0.3 is 14.4 Å². The molecule has 1 aliphatic rings. The van der Waals surface area contributed by atoms with E-state index in [2.05, 4.69) is 11.9 Å². The first-order valence-corrected chi connectivity index (χ1v) is 6.48. The van der Waals surface area contributed by atoms with E-state index in [1.807, 2.05) is 10.8 Å². The Labute approximate surface area is 103 Å². The summed E-state index contributed by atoms with van der Waals surface area (Å²) in [6, 6.07) is 0. The van der Waals surface area contributed by atoms with Crippen LogP contribution >= 0.6 is 0 Å². The molecule has 2 rings (SSSR count). The van der Waals surface area contributed by atoms with Crippen LogP contribution in [0.4, 0.5) is 0 Å². The Bertz CT molecular complexity index is 356. The maximum Gasteiger partial charge on any atom is 0.141 e. The van der Waals surface area contributed by atoms with Gasteiger partial charge in [0, 0.05) is 26.0 Å². The van der Waals surface area contributed by atoms with Crippen molar-refractivity contribution in [3.05, 3.63) is 18.2 Å². The van der Waals surface area contributed by atoms with Crippen molar-refractivity contribution in [3.8, 4) is 0 Å². The van der Waals surface area contributed by atoms with Crippen LogP contribution in [0.25, 0.3) is 0 Å². The van der Waals surface area contributed by atoms with E-state index in [1.54, 1.807) is 13.3 Å². The average Bonchev–Trinajstić information content (AvgIpc) is 2.86. The first kappa shape index (κ1) is 12.6. The van der Waals surface area contributed by atoms with Crippen molar-refractivity contribution in [1.82, 2.24) is 9.55 Å². The highest BCUT2D eigenvalue weighted by Gasteiger charge is 2.41. The zero-order valence-electron chi connectivity index (χ0n) is 10.7. The molecule has 0 saturated heterocycles. The van der Waals surface area contributed by atoms with Gasteiger partial charge in [0.05, 0.1) is 0 Å². The van der Waals surface area contributed by atoms with Gasteiger partial charge in [-0.3, -0.25) is 0 Å². The number of rotatable bonds is 4. The Kier molecular flexibility index (Phi) is 3.84. The fraction of sp³-hybridized carbons (Fsp3) is 0.769. The fourth-order valence-electron chi connectivity index (χ4n) is 2.81. The van der Waals surface area contributed by atoms with Crippen molar-refractivity contribution in [2.45, 2.75) is 57.3 Å². The third kappa shape index (κ3) is 2.24. The molecule has 4 nitrogen and oxygen atoms in total. The molecule has 17 heavy (non-hydrogen) atoms. The van der Waals surface area contributed by atoms with E-state index in [1.165, 1.54) is 6.42 Å². The molecule has 0 aliphatic heterocycles. The Morgan fingerprint density at radius 2 is 2.18 bits per heavy atom. The molecule has 0 bridgehead atoms. The highest BCUT2D eigenvalue weighted by molar-refractivity contribution is 5.05. The van der Waals surface area contributed by atoms with Crippen LogP contribution in [0.3, 0.4) is 0 Å². The van der Waals surface area contributed by atoms with Crippen LogP contribution in [-0.2, 0) is 11.3 Å². The van der Waals surface area contributed by atoms with Gasteiger partial charge in [0.2, 0.25) is 0 Å². The number of ether oxygens (including phenoxy) is 1. The molecule has 1 aliphatic carbocycles. The van der Waals surface area contributed by atoms with Crippen LogP contribution in [0.15, 0.2) is 12.4 Å². The molecule has 1 atom stereocenters. The number of nitrogens with zero attached hydrogens (tertiary/aromatic N) is 2. The molecular weight excluding hydrogens is 216 g/mol. The Hall–Kier alpha value is -0.870. The highest BCUT2D eigenvalue weighted by Crippen LogP contribution is 2.40. The van der Waals surface area contributed by atoms with Crippen molar-refractivity contribution in [2.24, 2.45) is 0 Å². The van der Waals surface area contributed by atoms with Crippen molar-refractivity contribution in [3.63, 3.8) is 0 Å². The maximum absolute atomic E-state index is 10.6. The van der Waals surface area contributed by atoms with E-state index >= 15 is 0 Å². The van der Waals surface area contributed by atoms with E-state index in [0.29, 0.717) is 0 Å². The van der Waals surface area contributed by atoms with Gasteiger partial charge >= 0.3 is 0 Å². The summed E-state index contributed by atoms with van der Waals surface area (Å²) in [5.41, 5.74) is -0.434. The van der Waals surface area contributed by atoms with E-state index in [0.717, 1.165) is 38.1 Å². The monoisotopic (exact) mass is 238 g/mol. The van der Waals surface area contributed by atoms with Gasteiger partial charge in [-0.15, -0.1) is 0 Å². The molecule has 1 aromatic heterocycles. The predicted octanol–water partition coefficient (Wildman–Crippen LogP) is 2.29. The molecule has 1 N–H and O–H groups in total. The molecule has 1 saturated carbocycles. The van der Waals surface area contributed by atoms with Crippen LogP contribution in [0.2, 0.25) is 0 Å². The van der Waals surface area contributed by atoms with Crippen LogP contribution in [0.1, 0.15) is 51.0 Å². The lowest BCUT2D eigenvalue weighted by molar-refractivity contribution is -0.129. The molecule has 1 aromatic rings. The molecule has 96 valence electrons. The summed E-state index contributed by atoms with van der Waals surface area (Å²) in [7, 11) is 1.70. The lowest BCUT2D eigenvalue weighted by atomic mass is 9.80. The van der Waals surface area contributed by atoms with Gasteiger partial charge in [0.15, 0.2) is 0 Å². The molecule has 0 radical (unpaired) electrons. The van der Waals surface area contributed by atoms with E-state index in [9.17, 15) is 5.11 Å². The summed E-state index contributed by atoms with van der Waals surface area (Å²) in [6.45, 7) is 2.88. The van der Waals surface area contributed by atoms with Gasteiger partial charge in [-0.1, -0.05) is 19.3 Å². The number of aliphatic hydroxyl groups excluding tert-OH is 1. The van der Waals surface area contributed by atoms with E-state index in [4.69, 9.17) is 4.74 Å². The number of aliphatic hydroxyl groups is 1. The van der Waals surface area contributed by atoms with Crippen LogP contribution in [0.5, 0.6) is 0 Å². The quantitative estimate of drug-likeness (QED) is 0.875. The number of aromatic nitrogens is 2. The van der Waals surface area contributed by atoms with Gasteiger partial charge in [0.1, 0.15) is 17.5 Å². The lowest BCUT2D eigenvalue weighted by Gasteiger charge is -2.39. The van der Waals surface area contributed by atoms with Crippen molar-refractivity contribution in [2.75, 3.05) is 7.11 Å². The lowest BCUT2D eigenvalue weighted by Crippen LogP contribution is -2.41. The van der Waals surface area contributed by atoms with Gasteiger partial charge in [-0.2, -0.15) is 0 Å².